The number of para-hydroxylation sites is 1. The molecule has 0 bridgehead atoms. The molecule has 8 rings (SSSR count). The van der Waals surface area contributed by atoms with E-state index < -0.39 is 26.3 Å². The first-order chi connectivity index (χ1) is 26.8. The average molecular weight is 842 g/mol. The quantitative estimate of drug-likeness (QED) is 0.0883. The number of hydrogen-bond acceptors (Lipinski definition) is 1. The number of aromatic nitrogens is 1. The second kappa shape index (κ2) is 17.6. The van der Waals surface area contributed by atoms with Crippen LogP contribution in [0, 0.1) is 0 Å². The molecule has 0 amide bonds. The Balaban J connectivity index is 0.00000150. The van der Waals surface area contributed by atoms with Crippen LogP contribution in [0.5, 0.6) is 0 Å². The molecule has 5 heteroatoms. The molecule has 0 aliphatic heterocycles. The van der Waals surface area contributed by atoms with Crippen LogP contribution in [0.2, 0.25) is 0 Å². The van der Waals surface area contributed by atoms with Crippen LogP contribution in [0.4, 0.5) is 0 Å². The Morgan fingerprint density at radius 2 is 1.29 bits per heavy atom. The normalized spacial score (nSPS) is 12.8. The molecule has 0 fully saturated rings. The molecule has 1 unspecified atom stereocenters. The number of hydrogen-bond donors (Lipinski definition) is 0. The maximum absolute atomic E-state index is 5.92. The van der Waals surface area contributed by atoms with Crippen LogP contribution in [-0.4, -0.2) is 16.8 Å². The summed E-state index contributed by atoms with van der Waals surface area (Å²) in [5.41, 5.74) is 11.1. The van der Waals surface area contributed by atoms with Crippen LogP contribution in [0.3, 0.4) is 0 Å². The van der Waals surface area contributed by atoms with Gasteiger partial charge in [-0.3, -0.25) is 0 Å². The fraction of sp³-hybridized carbons (Fsp3) is 0.240. The molecule has 278 valence electrons. The maximum atomic E-state index is 5.92. The van der Waals surface area contributed by atoms with E-state index in [9.17, 15) is 0 Å². The SMILES string of the molecule is Cn1c2ccccc2c2cc(-c3cccc4c3cc[c-]4C(c3ccccc3)(c3ccc(CCCCCCOC(C)(C)C)cc3)[c-]3cccc3)ccc21.[Cl][Zr+2][Cl]. The summed E-state index contributed by atoms with van der Waals surface area (Å²) in [6.45, 7) is 7.24. The summed E-state index contributed by atoms with van der Waals surface area (Å²) in [5, 5.41) is 5.17. The first-order valence-electron chi connectivity index (χ1n) is 19.4. The summed E-state index contributed by atoms with van der Waals surface area (Å²) in [6.07, 6.45) is 5.86. The number of ether oxygens (including phenoxy) is 1. The molecule has 0 aliphatic carbocycles. The molecule has 1 aromatic heterocycles. The van der Waals surface area contributed by atoms with Gasteiger partial charge in [0.15, 0.2) is 0 Å². The summed E-state index contributed by atoms with van der Waals surface area (Å²) < 4.78 is 8.23. The summed E-state index contributed by atoms with van der Waals surface area (Å²) in [4.78, 5) is 0. The van der Waals surface area contributed by atoms with E-state index in [1.165, 1.54) is 90.8 Å². The zero-order valence-corrected chi connectivity index (χ0v) is 36.3. The van der Waals surface area contributed by atoms with Crippen LogP contribution in [0.25, 0.3) is 43.7 Å². The number of benzene rings is 5. The first-order valence-corrected chi connectivity index (χ1v) is 25.7. The zero-order chi connectivity index (χ0) is 38.4. The van der Waals surface area contributed by atoms with Crippen molar-refractivity contribution < 1.29 is 25.6 Å². The van der Waals surface area contributed by atoms with Gasteiger partial charge in [0.05, 0.1) is 5.60 Å². The molecule has 1 heterocycles. The van der Waals surface area contributed by atoms with E-state index in [-0.39, 0.29) is 5.60 Å². The standard InChI is InChI=1S/C50H49NO.2ClH.Zr/c1-49(2,3)52-34-15-6-5-8-17-36-26-29-40(30-27-36)50(39-20-11-12-21-39,38-18-9-7-10-19-38)46-32-31-42-41(23-16-24-43(42)46)37-28-33-48-45(35-37)44-22-13-14-25-47(44)51(48)4;;;/h7,9-14,16,18-33,35H,5-6,8,15,17,34H2,1-4H3;2*1H;/q-2;;;+4/p-2. The van der Waals surface area contributed by atoms with Gasteiger partial charge in [-0.05, 0) is 85.9 Å². The molecule has 8 aromatic rings. The van der Waals surface area contributed by atoms with Crippen molar-refractivity contribution in [2.24, 2.45) is 7.05 Å². The Bertz CT molecular complexity index is 2450. The van der Waals surface area contributed by atoms with Gasteiger partial charge in [0.2, 0.25) is 0 Å². The molecule has 0 spiro atoms. The molecule has 2 nitrogen and oxygen atoms in total. The van der Waals surface area contributed by atoms with Gasteiger partial charge in [-0.1, -0.05) is 103 Å². The number of aryl methyl sites for hydroxylation is 2. The minimum atomic E-state index is -0.826. The third-order valence-corrected chi connectivity index (χ3v) is 11.0. The Kier molecular flexibility index (Phi) is 12.7. The van der Waals surface area contributed by atoms with E-state index in [4.69, 9.17) is 21.8 Å². The number of fused-ring (bicyclic) bond motifs is 4. The molecule has 7 aromatic carbocycles. The number of unbranched alkanes of at least 4 members (excludes halogenated alkanes) is 3. The summed E-state index contributed by atoms with van der Waals surface area (Å²) in [7, 11) is 12.0. The molecular weight excluding hydrogens is 793 g/mol. The van der Waals surface area contributed by atoms with Gasteiger partial charge < -0.3 is 9.30 Å². The molecule has 0 saturated carbocycles. The van der Waals surface area contributed by atoms with Crippen LogP contribution in [-0.2, 0) is 44.5 Å². The van der Waals surface area contributed by atoms with Crippen LogP contribution < -0.4 is 0 Å². The van der Waals surface area contributed by atoms with Crippen molar-refractivity contribution in [1.29, 1.82) is 0 Å². The van der Waals surface area contributed by atoms with Crippen LogP contribution in [0.1, 0.15) is 74.3 Å². The Labute approximate surface area is 345 Å². The van der Waals surface area contributed by atoms with Gasteiger partial charge >= 0.3 is 37.9 Å². The van der Waals surface area contributed by atoms with E-state index in [0.29, 0.717) is 0 Å². The third kappa shape index (κ3) is 8.24. The van der Waals surface area contributed by atoms with Crippen LogP contribution >= 0.6 is 17.0 Å². The van der Waals surface area contributed by atoms with E-state index in [2.05, 4.69) is 184 Å². The number of rotatable bonds is 12. The molecule has 1 atom stereocenters. The Morgan fingerprint density at radius 1 is 0.618 bits per heavy atom. The summed E-state index contributed by atoms with van der Waals surface area (Å²) in [5.74, 6) is 0. The summed E-state index contributed by atoms with van der Waals surface area (Å²) in [6, 6.07) is 56.9. The van der Waals surface area contributed by atoms with E-state index in [1.54, 1.807) is 0 Å². The topological polar surface area (TPSA) is 14.2 Å². The molecule has 0 saturated heterocycles. The molecular formula is C50H49Cl2NOZr. The van der Waals surface area contributed by atoms with Crippen molar-refractivity contribution >= 4 is 49.6 Å². The van der Waals surface area contributed by atoms with Gasteiger partial charge in [0, 0.05) is 35.5 Å². The molecule has 0 N–H and O–H groups in total. The molecule has 0 aliphatic rings. The van der Waals surface area contributed by atoms with Gasteiger partial charge in [-0.2, -0.15) is 18.2 Å². The van der Waals surface area contributed by atoms with Gasteiger partial charge in [-0.15, -0.1) is 40.1 Å². The van der Waals surface area contributed by atoms with Crippen molar-refractivity contribution in [3.63, 3.8) is 0 Å². The second-order valence-electron chi connectivity index (χ2n) is 15.5. The minimum absolute atomic E-state index is 0.0526. The van der Waals surface area contributed by atoms with Crippen LogP contribution in [0.15, 0.2) is 152 Å². The third-order valence-electron chi connectivity index (χ3n) is 11.0. The Morgan fingerprint density at radius 3 is 2.04 bits per heavy atom. The fourth-order valence-corrected chi connectivity index (χ4v) is 8.51. The molecule has 0 radical (unpaired) electrons. The van der Waals surface area contributed by atoms with Crippen molar-refractivity contribution in [1.82, 2.24) is 4.57 Å². The summed E-state index contributed by atoms with van der Waals surface area (Å²) >= 11 is -0.826. The average Bonchev–Trinajstić information content (AvgIpc) is 3.96. The van der Waals surface area contributed by atoms with Gasteiger partial charge in [-0.25, -0.2) is 12.1 Å². The van der Waals surface area contributed by atoms with Crippen molar-refractivity contribution in [3.8, 4) is 11.1 Å². The van der Waals surface area contributed by atoms with Crippen molar-refractivity contribution in [3.05, 3.63) is 179 Å². The fourth-order valence-electron chi connectivity index (χ4n) is 8.51. The van der Waals surface area contributed by atoms with Crippen molar-refractivity contribution in [2.75, 3.05) is 6.61 Å². The second-order valence-corrected chi connectivity index (χ2v) is 19.2. The Hall–Kier alpha value is -3.72. The van der Waals surface area contributed by atoms with Crippen molar-refractivity contribution in [2.45, 2.75) is 63.9 Å². The van der Waals surface area contributed by atoms with E-state index in [1.807, 2.05) is 0 Å². The first kappa shape index (κ1) is 39.5. The zero-order valence-electron chi connectivity index (χ0n) is 32.3. The molecule has 55 heavy (non-hydrogen) atoms. The predicted molar refractivity (Wildman–Crippen MR) is 232 cm³/mol. The number of halogens is 2. The van der Waals surface area contributed by atoms with Gasteiger partial charge in [0.1, 0.15) is 0 Å². The van der Waals surface area contributed by atoms with E-state index >= 15 is 0 Å². The van der Waals surface area contributed by atoms with Gasteiger partial charge in [0.25, 0.3) is 0 Å². The predicted octanol–water partition coefficient (Wildman–Crippen LogP) is 14.3. The van der Waals surface area contributed by atoms with E-state index in [0.717, 1.165) is 19.4 Å². The number of nitrogens with zero attached hydrogens (tertiary/aromatic N) is 1. The monoisotopic (exact) mass is 839 g/mol.